The Morgan fingerprint density at radius 1 is 1.11 bits per heavy atom. The molecule has 11 nitrogen and oxygen atoms in total. The van der Waals surface area contributed by atoms with Crippen LogP contribution in [0.5, 0.6) is 0 Å². The number of nitrogens with zero attached hydrogens (tertiary/aromatic N) is 6. The zero-order valence-corrected chi connectivity index (χ0v) is 19.4. The maximum Gasteiger partial charge on any atom is 0.241 e. The third-order valence-corrected chi connectivity index (χ3v) is 5.72. The number of carbonyl (C=O) groups excluding carboxylic acids is 2. The summed E-state index contributed by atoms with van der Waals surface area (Å²) in [6, 6.07) is 9.93. The van der Waals surface area contributed by atoms with Gasteiger partial charge in [0.1, 0.15) is 25.0 Å². The summed E-state index contributed by atoms with van der Waals surface area (Å²) < 4.78 is 3.28. The molecule has 0 saturated heterocycles. The van der Waals surface area contributed by atoms with Gasteiger partial charge in [0.25, 0.3) is 0 Å². The molecule has 4 N–H and O–H groups in total. The average molecular weight is 476 g/mol. The van der Waals surface area contributed by atoms with E-state index in [1.807, 2.05) is 42.7 Å². The van der Waals surface area contributed by atoms with Crippen molar-refractivity contribution in [3.63, 3.8) is 0 Å². The second kappa shape index (κ2) is 11.7. The Morgan fingerprint density at radius 3 is 2.69 bits per heavy atom. The van der Waals surface area contributed by atoms with E-state index in [4.69, 9.17) is 5.73 Å². The largest absolute Gasteiger partial charge is 0.370 e. The SMILES string of the molecule is NC(=O)CCCCCC(CNC(=O)Cn1cncn1)c1ncc(-c2ccc(-n3cccn3)cc2)[nH]1. The number of benzene rings is 1. The van der Waals surface area contributed by atoms with Gasteiger partial charge in [0.2, 0.25) is 11.8 Å². The van der Waals surface area contributed by atoms with Gasteiger partial charge < -0.3 is 16.0 Å². The first-order valence-electron chi connectivity index (χ1n) is 11.6. The fourth-order valence-corrected chi connectivity index (χ4v) is 3.86. The quantitative estimate of drug-likeness (QED) is 0.252. The number of H-pyrrole nitrogens is 1. The lowest BCUT2D eigenvalue weighted by atomic mass is 9.99. The molecule has 1 aromatic carbocycles. The number of unbranched alkanes of at least 4 members (excludes halogenated alkanes) is 2. The number of rotatable bonds is 13. The Hall–Kier alpha value is -4.28. The molecule has 3 aromatic heterocycles. The highest BCUT2D eigenvalue weighted by Gasteiger charge is 2.17. The standard InChI is InChI=1S/C24H29N9O2/c25-22(34)6-3-1-2-5-19(13-27-23(35)15-32-17-26-16-30-32)24-28-14-21(31-24)18-7-9-20(10-8-18)33-12-4-11-29-33/h4,7-12,14,16-17,19H,1-3,5-6,13,15H2,(H2,25,34)(H,27,35)(H,28,31). The molecule has 4 rings (SSSR count). The van der Waals surface area contributed by atoms with Crippen molar-refractivity contribution in [2.75, 3.05) is 6.54 Å². The van der Waals surface area contributed by atoms with Gasteiger partial charge in [0, 0.05) is 31.3 Å². The van der Waals surface area contributed by atoms with Crippen molar-refractivity contribution in [3.8, 4) is 16.9 Å². The zero-order chi connectivity index (χ0) is 24.5. The molecule has 0 bridgehead atoms. The maximum atomic E-state index is 12.4. The number of carbonyl (C=O) groups is 2. The van der Waals surface area contributed by atoms with E-state index in [9.17, 15) is 9.59 Å². The van der Waals surface area contributed by atoms with Crippen LogP contribution in [0, 0.1) is 0 Å². The number of hydrogen-bond donors (Lipinski definition) is 3. The first-order valence-corrected chi connectivity index (χ1v) is 11.6. The highest BCUT2D eigenvalue weighted by molar-refractivity contribution is 5.75. The number of nitrogens with two attached hydrogens (primary N) is 1. The predicted molar refractivity (Wildman–Crippen MR) is 129 cm³/mol. The van der Waals surface area contributed by atoms with Gasteiger partial charge in [-0.2, -0.15) is 10.2 Å². The second-order valence-corrected chi connectivity index (χ2v) is 8.34. The number of aromatic nitrogens is 7. The molecular weight excluding hydrogens is 446 g/mol. The minimum Gasteiger partial charge on any atom is -0.370 e. The predicted octanol–water partition coefficient (Wildman–Crippen LogP) is 2.19. The molecule has 0 radical (unpaired) electrons. The van der Waals surface area contributed by atoms with E-state index in [2.05, 4.69) is 30.5 Å². The van der Waals surface area contributed by atoms with E-state index >= 15 is 0 Å². The van der Waals surface area contributed by atoms with E-state index in [0.717, 1.165) is 48.5 Å². The Kier molecular flexibility index (Phi) is 8.00. The molecule has 1 atom stereocenters. The van der Waals surface area contributed by atoms with Crippen LogP contribution in [0.2, 0.25) is 0 Å². The van der Waals surface area contributed by atoms with Gasteiger partial charge in [-0.25, -0.2) is 19.3 Å². The van der Waals surface area contributed by atoms with Crippen LogP contribution in [0.25, 0.3) is 16.9 Å². The fraction of sp³-hybridized carbons (Fsp3) is 0.333. The summed E-state index contributed by atoms with van der Waals surface area (Å²) in [7, 11) is 0. The third kappa shape index (κ3) is 6.85. The van der Waals surface area contributed by atoms with Crippen LogP contribution in [0.15, 0.2) is 61.6 Å². The summed E-state index contributed by atoms with van der Waals surface area (Å²) in [5, 5.41) is 11.2. The van der Waals surface area contributed by atoms with Crippen LogP contribution < -0.4 is 11.1 Å². The van der Waals surface area contributed by atoms with Crippen LogP contribution in [0.3, 0.4) is 0 Å². The number of amides is 2. The molecule has 0 aliphatic heterocycles. The van der Waals surface area contributed by atoms with Crippen molar-refractivity contribution >= 4 is 11.8 Å². The first kappa shape index (κ1) is 23.9. The van der Waals surface area contributed by atoms with Gasteiger partial charge in [0.15, 0.2) is 0 Å². The third-order valence-electron chi connectivity index (χ3n) is 5.72. The summed E-state index contributed by atoms with van der Waals surface area (Å²) in [6.07, 6.45) is 12.1. The van der Waals surface area contributed by atoms with E-state index in [0.29, 0.717) is 13.0 Å². The van der Waals surface area contributed by atoms with E-state index in [1.165, 1.54) is 17.3 Å². The van der Waals surface area contributed by atoms with Crippen molar-refractivity contribution in [1.82, 2.24) is 39.8 Å². The Morgan fingerprint density at radius 2 is 1.97 bits per heavy atom. The van der Waals surface area contributed by atoms with Gasteiger partial charge in [-0.1, -0.05) is 25.0 Å². The summed E-state index contributed by atoms with van der Waals surface area (Å²) in [5.41, 5.74) is 8.13. The molecule has 0 saturated carbocycles. The Balaban J connectivity index is 1.40. The van der Waals surface area contributed by atoms with Gasteiger partial charge in [-0.15, -0.1) is 0 Å². The molecular formula is C24H29N9O2. The average Bonchev–Trinajstić information content (AvgIpc) is 3.64. The van der Waals surface area contributed by atoms with Gasteiger partial charge in [0.05, 0.1) is 17.6 Å². The lowest BCUT2D eigenvalue weighted by molar-refractivity contribution is -0.122. The molecule has 4 aromatic rings. The maximum absolute atomic E-state index is 12.4. The Bertz CT molecular complexity index is 1200. The minimum atomic E-state index is -0.281. The molecule has 2 amide bonds. The van der Waals surface area contributed by atoms with Crippen LogP contribution in [-0.2, 0) is 16.1 Å². The van der Waals surface area contributed by atoms with Gasteiger partial charge in [-0.3, -0.25) is 9.59 Å². The summed E-state index contributed by atoms with van der Waals surface area (Å²) in [5.74, 6) is 0.388. The van der Waals surface area contributed by atoms with E-state index in [1.54, 1.807) is 10.9 Å². The zero-order valence-electron chi connectivity index (χ0n) is 19.4. The van der Waals surface area contributed by atoms with Crippen LogP contribution >= 0.6 is 0 Å². The van der Waals surface area contributed by atoms with Gasteiger partial charge >= 0.3 is 0 Å². The van der Waals surface area contributed by atoms with Crippen molar-refractivity contribution in [2.45, 2.75) is 44.6 Å². The summed E-state index contributed by atoms with van der Waals surface area (Å²) in [4.78, 5) is 35.3. The molecule has 11 heteroatoms. The topological polar surface area (TPSA) is 149 Å². The molecule has 35 heavy (non-hydrogen) atoms. The summed E-state index contributed by atoms with van der Waals surface area (Å²) >= 11 is 0. The molecule has 0 aliphatic rings. The molecule has 3 heterocycles. The van der Waals surface area contributed by atoms with Crippen molar-refractivity contribution < 1.29 is 9.59 Å². The Labute approximate surface area is 202 Å². The number of primary amides is 1. The molecule has 0 aliphatic carbocycles. The monoisotopic (exact) mass is 475 g/mol. The van der Waals surface area contributed by atoms with Gasteiger partial charge in [-0.05, 0) is 36.6 Å². The normalized spacial score (nSPS) is 11.9. The number of aromatic amines is 1. The molecule has 0 spiro atoms. The van der Waals surface area contributed by atoms with Crippen molar-refractivity contribution in [2.24, 2.45) is 5.73 Å². The fourth-order valence-electron chi connectivity index (χ4n) is 3.86. The molecule has 0 fully saturated rings. The molecule has 1 unspecified atom stereocenters. The second-order valence-electron chi connectivity index (χ2n) is 8.34. The smallest absolute Gasteiger partial charge is 0.241 e. The van der Waals surface area contributed by atoms with E-state index in [-0.39, 0.29) is 24.3 Å². The van der Waals surface area contributed by atoms with Crippen LogP contribution in [0.4, 0.5) is 0 Å². The van der Waals surface area contributed by atoms with Crippen LogP contribution in [0.1, 0.15) is 43.8 Å². The number of imidazole rings is 1. The highest BCUT2D eigenvalue weighted by Crippen LogP contribution is 2.24. The van der Waals surface area contributed by atoms with E-state index < -0.39 is 0 Å². The van der Waals surface area contributed by atoms with Crippen LogP contribution in [-0.4, -0.2) is 52.9 Å². The highest BCUT2D eigenvalue weighted by atomic mass is 16.2. The molecule has 182 valence electrons. The lowest BCUT2D eigenvalue weighted by Crippen LogP contribution is -2.32. The first-order chi connectivity index (χ1) is 17.1. The number of nitrogens with one attached hydrogen (secondary N) is 2. The minimum absolute atomic E-state index is 0.000344. The summed E-state index contributed by atoms with van der Waals surface area (Å²) in [6.45, 7) is 0.547. The number of hydrogen-bond acceptors (Lipinski definition) is 6. The van der Waals surface area contributed by atoms with Crippen molar-refractivity contribution in [1.29, 1.82) is 0 Å². The lowest BCUT2D eigenvalue weighted by Gasteiger charge is -2.16. The van der Waals surface area contributed by atoms with Crippen molar-refractivity contribution in [3.05, 3.63) is 67.4 Å².